The third-order valence-corrected chi connectivity index (χ3v) is 4.36. The molecule has 1 aromatic carbocycles. The largest absolute Gasteiger partial charge is 0.464 e. The van der Waals surface area contributed by atoms with E-state index in [0.717, 1.165) is 37.5 Å². The number of nitrogens with zero attached hydrogens (tertiary/aromatic N) is 2. The van der Waals surface area contributed by atoms with Gasteiger partial charge in [0.05, 0.1) is 18.5 Å². The molecule has 3 heterocycles. The van der Waals surface area contributed by atoms with Crippen LogP contribution in [0.25, 0.3) is 11.3 Å². The maximum atomic E-state index is 5.55. The summed E-state index contributed by atoms with van der Waals surface area (Å²) in [4.78, 5) is 2.50. The Labute approximate surface area is 135 Å². The Bertz CT molecular complexity index is 730. The summed E-state index contributed by atoms with van der Waals surface area (Å²) in [6, 6.07) is 12.7. The summed E-state index contributed by atoms with van der Waals surface area (Å²) < 4.78 is 5.55. The molecule has 2 N–H and O–H groups in total. The Kier molecular flexibility index (Phi) is 3.96. The molecule has 1 atom stereocenters. The number of H-pyrrole nitrogens is 1. The topological polar surface area (TPSA) is 57.1 Å². The molecule has 0 bridgehead atoms. The highest BCUT2D eigenvalue weighted by atomic mass is 16.3. The molecule has 1 aliphatic rings. The zero-order chi connectivity index (χ0) is 15.5. The molecule has 1 unspecified atom stereocenters. The highest BCUT2D eigenvalue weighted by Gasteiger charge is 2.25. The van der Waals surface area contributed by atoms with E-state index in [1.807, 2.05) is 24.5 Å². The first kappa shape index (κ1) is 14.2. The molecule has 0 radical (unpaired) electrons. The maximum Gasteiger partial charge on any atom is 0.133 e. The van der Waals surface area contributed by atoms with Gasteiger partial charge in [-0.15, -0.1) is 0 Å². The van der Waals surface area contributed by atoms with Gasteiger partial charge in [-0.3, -0.25) is 10.00 Å². The van der Waals surface area contributed by atoms with Gasteiger partial charge in [-0.1, -0.05) is 18.2 Å². The van der Waals surface area contributed by atoms with E-state index in [1.54, 1.807) is 6.26 Å². The molecule has 5 nitrogen and oxygen atoms in total. The van der Waals surface area contributed by atoms with Crippen LogP contribution in [-0.2, 0) is 0 Å². The van der Waals surface area contributed by atoms with Gasteiger partial charge < -0.3 is 9.73 Å². The van der Waals surface area contributed by atoms with Crippen LogP contribution in [0, 0.1) is 0 Å². The second-order valence-electron chi connectivity index (χ2n) is 5.82. The summed E-state index contributed by atoms with van der Waals surface area (Å²) in [5.74, 6) is 0.901. The predicted octanol–water partition coefficient (Wildman–Crippen LogP) is 2.66. The van der Waals surface area contributed by atoms with Crippen molar-refractivity contribution in [1.29, 1.82) is 0 Å². The molecule has 4 rings (SSSR count). The van der Waals surface area contributed by atoms with Crippen molar-refractivity contribution in [3.05, 3.63) is 66.2 Å². The SMILES string of the molecule is c1cc(-c2ccco2)cc(C(c2cn[nH]c2)N2CCNCC2)c1. The number of hydrogen-bond acceptors (Lipinski definition) is 4. The molecule has 1 aliphatic heterocycles. The lowest BCUT2D eigenvalue weighted by atomic mass is 9.96. The van der Waals surface area contributed by atoms with Crippen molar-refractivity contribution in [2.24, 2.45) is 0 Å². The van der Waals surface area contributed by atoms with Crippen molar-refractivity contribution in [1.82, 2.24) is 20.4 Å². The molecular weight excluding hydrogens is 288 g/mol. The molecule has 2 aromatic heterocycles. The number of aromatic amines is 1. The van der Waals surface area contributed by atoms with Crippen LogP contribution in [0.2, 0.25) is 0 Å². The Morgan fingerprint density at radius 2 is 2.00 bits per heavy atom. The summed E-state index contributed by atoms with van der Waals surface area (Å²) in [5.41, 5.74) is 3.57. The van der Waals surface area contributed by atoms with Crippen LogP contribution in [0.4, 0.5) is 0 Å². The second kappa shape index (κ2) is 6.40. The van der Waals surface area contributed by atoms with E-state index in [0.29, 0.717) is 0 Å². The summed E-state index contributed by atoms with van der Waals surface area (Å²) in [6.45, 7) is 4.10. The van der Waals surface area contributed by atoms with E-state index >= 15 is 0 Å². The molecule has 5 heteroatoms. The summed E-state index contributed by atoms with van der Waals surface area (Å²) in [5, 5.41) is 10.5. The lowest BCUT2D eigenvalue weighted by Gasteiger charge is -2.35. The number of benzene rings is 1. The van der Waals surface area contributed by atoms with Crippen molar-refractivity contribution in [3.8, 4) is 11.3 Å². The zero-order valence-corrected chi connectivity index (χ0v) is 12.9. The summed E-state index contributed by atoms with van der Waals surface area (Å²) >= 11 is 0. The van der Waals surface area contributed by atoms with Crippen molar-refractivity contribution in [3.63, 3.8) is 0 Å². The highest BCUT2D eigenvalue weighted by molar-refractivity contribution is 5.58. The van der Waals surface area contributed by atoms with Crippen molar-refractivity contribution >= 4 is 0 Å². The molecule has 0 amide bonds. The van der Waals surface area contributed by atoms with Crippen molar-refractivity contribution in [2.45, 2.75) is 6.04 Å². The zero-order valence-electron chi connectivity index (χ0n) is 12.9. The number of aromatic nitrogens is 2. The molecule has 0 aliphatic carbocycles. The third-order valence-electron chi connectivity index (χ3n) is 4.36. The van der Waals surface area contributed by atoms with Crippen LogP contribution >= 0.6 is 0 Å². The number of nitrogens with one attached hydrogen (secondary N) is 2. The van der Waals surface area contributed by atoms with Crippen LogP contribution in [-0.4, -0.2) is 41.3 Å². The van der Waals surface area contributed by atoms with Gasteiger partial charge in [-0.05, 0) is 23.8 Å². The van der Waals surface area contributed by atoms with E-state index in [2.05, 4.69) is 44.7 Å². The lowest BCUT2D eigenvalue weighted by molar-refractivity contribution is 0.198. The molecule has 3 aromatic rings. The Hall–Kier alpha value is -2.37. The van der Waals surface area contributed by atoms with Gasteiger partial charge in [0.2, 0.25) is 0 Å². The Morgan fingerprint density at radius 3 is 2.74 bits per heavy atom. The van der Waals surface area contributed by atoms with Gasteiger partial charge in [0.15, 0.2) is 0 Å². The van der Waals surface area contributed by atoms with Crippen molar-refractivity contribution in [2.75, 3.05) is 26.2 Å². The number of furan rings is 1. The fourth-order valence-corrected chi connectivity index (χ4v) is 3.27. The van der Waals surface area contributed by atoms with Gasteiger partial charge in [0.25, 0.3) is 0 Å². The fourth-order valence-electron chi connectivity index (χ4n) is 3.27. The van der Waals surface area contributed by atoms with Gasteiger partial charge in [-0.25, -0.2) is 0 Å². The first-order valence-corrected chi connectivity index (χ1v) is 7.99. The first-order chi connectivity index (χ1) is 11.4. The van der Waals surface area contributed by atoms with E-state index in [-0.39, 0.29) is 6.04 Å². The fraction of sp³-hybridized carbons (Fsp3) is 0.278. The minimum absolute atomic E-state index is 0.214. The smallest absolute Gasteiger partial charge is 0.133 e. The number of piperazine rings is 1. The standard InChI is InChI=1S/C18H20N4O/c1-3-14(17-5-2-10-23-17)11-15(4-1)18(16-12-20-21-13-16)22-8-6-19-7-9-22/h1-5,10-13,18-19H,6-9H2,(H,20,21). The van der Waals surface area contributed by atoms with Gasteiger partial charge in [-0.2, -0.15) is 5.10 Å². The third kappa shape index (κ3) is 2.93. The molecule has 0 saturated carbocycles. The van der Waals surface area contributed by atoms with Crippen LogP contribution in [0.3, 0.4) is 0 Å². The first-order valence-electron chi connectivity index (χ1n) is 7.99. The van der Waals surface area contributed by atoms with Crippen LogP contribution < -0.4 is 5.32 Å². The van der Waals surface area contributed by atoms with Crippen molar-refractivity contribution < 1.29 is 4.42 Å². The average molecular weight is 308 g/mol. The number of hydrogen-bond donors (Lipinski definition) is 2. The molecular formula is C18H20N4O. The van der Waals surface area contributed by atoms with Crippen LogP contribution in [0.5, 0.6) is 0 Å². The minimum atomic E-state index is 0.214. The quantitative estimate of drug-likeness (QED) is 0.778. The van der Waals surface area contributed by atoms with Crippen LogP contribution in [0.1, 0.15) is 17.2 Å². The molecule has 23 heavy (non-hydrogen) atoms. The molecule has 1 saturated heterocycles. The van der Waals surface area contributed by atoms with E-state index in [1.165, 1.54) is 11.1 Å². The monoisotopic (exact) mass is 308 g/mol. The van der Waals surface area contributed by atoms with E-state index in [9.17, 15) is 0 Å². The summed E-state index contributed by atoms with van der Waals surface area (Å²) in [7, 11) is 0. The molecule has 0 spiro atoms. The maximum absolute atomic E-state index is 5.55. The van der Waals surface area contributed by atoms with Gasteiger partial charge in [0, 0.05) is 43.5 Å². The number of rotatable bonds is 4. The molecule has 1 fully saturated rings. The summed E-state index contributed by atoms with van der Waals surface area (Å²) in [6.07, 6.45) is 5.63. The van der Waals surface area contributed by atoms with E-state index < -0.39 is 0 Å². The normalized spacial score (nSPS) is 17.2. The second-order valence-corrected chi connectivity index (χ2v) is 5.82. The minimum Gasteiger partial charge on any atom is -0.464 e. The van der Waals surface area contributed by atoms with Gasteiger partial charge in [0.1, 0.15) is 5.76 Å². The molecule has 118 valence electrons. The van der Waals surface area contributed by atoms with Gasteiger partial charge >= 0.3 is 0 Å². The predicted molar refractivity (Wildman–Crippen MR) is 89.0 cm³/mol. The van der Waals surface area contributed by atoms with E-state index in [4.69, 9.17) is 4.42 Å². The Morgan fingerprint density at radius 1 is 1.09 bits per heavy atom. The Balaban J connectivity index is 1.73. The lowest BCUT2D eigenvalue weighted by Crippen LogP contribution is -2.45. The highest BCUT2D eigenvalue weighted by Crippen LogP contribution is 2.31. The van der Waals surface area contributed by atoms with Crippen LogP contribution in [0.15, 0.2) is 59.5 Å². The average Bonchev–Trinajstić information content (AvgIpc) is 3.31.